The molecular weight excluding hydrogens is 426 g/mol. The summed E-state index contributed by atoms with van der Waals surface area (Å²) in [4.78, 5) is 39.5. The third-order valence-corrected chi connectivity index (χ3v) is 5.91. The van der Waals surface area contributed by atoms with Gasteiger partial charge in [-0.2, -0.15) is 4.37 Å². The minimum absolute atomic E-state index is 0.0569. The van der Waals surface area contributed by atoms with Crippen molar-refractivity contribution in [3.05, 3.63) is 75.8 Å². The number of nitrogens with two attached hydrogens (primary N) is 2. The van der Waals surface area contributed by atoms with Crippen molar-refractivity contribution in [3.63, 3.8) is 0 Å². The normalized spacial score (nSPS) is 11.6. The summed E-state index contributed by atoms with van der Waals surface area (Å²) in [6.45, 7) is 5.78. The fourth-order valence-corrected chi connectivity index (χ4v) is 4.10. The number of hydrogen-bond acceptors (Lipinski definition) is 6. The number of primary amides is 1. The van der Waals surface area contributed by atoms with Crippen LogP contribution in [0.1, 0.15) is 43.8 Å². The van der Waals surface area contributed by atoms with Crippen LogP contribution in [0, 0.1) is 13.8 Å². The van der Waals surface area contributed by atoms with E-state index in [1.807, 2.05) is 56.3 Å². The van der Waals surface area contributed by atoms with Gasteiger partial charge < -0.3 is 16.8 Å². The summed E-state index contributed by atoms with van der Waals surface area (Å²) < 4.78 is 3.92. The van der Waals surface area contributed by atoms with Crippen LogP contribution in [-0.4, -0.2) is 28.1 Å². The van der Waals surface area contributed by atoms with E-state index in [0.717, 1.165) is 28.2 Å². The van der Waals surface area contributed by atoms with E-state index >= 15 is 0 Å². The van der Waals surface area contributed by atoms with Crippen LogP contribution in [0.2, 0.25) is 0 Å². The molecule has 2 aromatic carbocycles. The number of carbonyl (C=O) groups excluding carboxylic acids is 3. The lowest BCUT2D eigenvalue weighted by Gasteiger charge is -2.30. The van der Waals surface area contributed by atoms with Gasteiger partial charge in [-0.3, -0.25) is 19.3 Å². The van der Waals surface area contributed by atoms with Gasteiger partial charge in [-0.05, 0) is 49.5 Å². The molecule has 3 aromatic rings. The molecule has 166 valence electrons. The Morgan fingerprint density at radius 3 is 2.41 bits per heavy atom. The highest BCUT2D eigenvalue weighted by molar-refractivity contribution is 7.09. The van der Waals surface area contributed by atoms with Gasteiger partial charge >= 0.3 is 0 Å². The zero-order valence-electron chi connectivity index (χ0n) is 18.1. The number of rotatable bonds is 7. The van der Waals surface area contributed by atoms with Gasteiger partial charge in [-0.1, -0.05) is 48.0 Å². The smallest absolute Gasteiger partial charge is 0.272 e. The number of aryl methyl sites for hydroxylation is 2. The second-order valence-electron chi connectivity index (χ2n) is 7.48. The second kappa shape index (κ2) is 9.61. The number of amides is 3. The zero-order chi connectivity index (χ0) is 23.4. The highest BCUT2D eigenvalue weighted by atomic mass is 32.1. The van der Waals surface area contributed by atoms with Crippen molar-refractivity contribution in [1.82, 2.24) is 9.69 Å². The minimum atomic E-state index is -0.855. The maximum atomic E-state index is 13.5. The molecular formula is C23H25N5O3S. The first-order valence-electron chi connectivity index (χ1n) is 9.98. The van der Waals surface area contributed by atoms with E-state index in [2.05, 4.69) is 9.69 Å². The van der Waals surface area contributed by atoms with Crippen molar-refractivity contribution in [2.24, 2.45) is 5.73 Å². The van der Waals surface area contributed by atoms with Crippen LogP contribution in [0.3, 0.4) is 0 Å². The lowest BCUT2D eigenvalue weighted by atomic mass is 10.1. The van der Waals surface area contributed by atoms with E-state index in [1.165, 1.54) is 4.90 Å². The SMILES string of the molecule is Cc1ccc(N(C(=O)c2snc(C(N)=O)c2N)C(C)C(=O)NCc2ccccc2)c(C)c1. The highest BCUT2D eigenvalue weighted by Gasteiger charge is 2.32. The van der Waals surface area contributed by atoms with Crippen LogP contribution >= 0.6 is 11.5 Å². The van der Waals surface area contributed by atoms with E-state index in [0.29, 0.717) is 12.2 Å². The van der Waals surface area contributed by atoms with Crippen LogP contribution in [0.25, 0.3) is 0 Å². The van der Waals surface area contributed by atoms with Gasteiger partial charge in [0.15, 0.2) is 5.69 Å². The van der Waals surface area contributed by atoms with Gasteiger partial charge in [0, 0.05) is 12.2 Å². The summed E-state index contributed by atoms with van der Waals surface area (Å²) in [7, 11) is 0. The minimum Gasteiger partial charge on any atom is -0.395 e. The first-order valence-corrected chi connectivity index (χ1v) is 10.8. The van der Waals surface area contributed by atoms with Gasteiger partial charge in [0.05, 0.1) is 5.69 Å². The molecule has 5 N–H and O–H groups in total. The standard InChI is InChI=1S/C23H25N5O3S/c1-13-9-10-17(14(2)11-13)28(23(31)20-18(24)19(21(25)29)27-32-20)15(3)22(30)26-12-16-7-5-4-6-8-16/h4-11,15H,12,24H2,1-3H3,(H2,25,29)(H,26,30). The van der Waals surface area contributed by atoms with Gasteiger partial charge in [-0.15, -0.1) is 0 Å². The Morgan fingerprint density at radius 2 is 1.81 bits per heavy atom. The van der Waals surface area contributed by atoms with E-state index < -0.39 is 17.9 Å². The summed E-state index contributed by atoms with van der Waals surface area (Å²) in [6.07, 6.45) is 0. The second-order valence-corrected chi connectivity index (χ2v) is 8.26. The molecule has 0 bridgehead atoms. The number of benzene rings is 2. The van der Waals surface area contributed by atoms with Crippen LogP contribution < -0.4 is 21.7 Å². The Labute approximate surface area is 190 Å². The molecule has 1 unspecified atom stereocenters. The molecule has 9 heteroatoms. The summed E-state index contributed by atoms with van der Waals surface area (Å²) >= 11 is 0.785. The zero-order valence-corrected chi connectivity index (χ0v) is 18.9. The molecule has 1 atom stereocenters. The first kappa shape index (κ1) is 23.0. The highest BCUT2D eigenvalue weighted by Crippen LogP contribution is 2.30. The Morgan fingerprint density at radius 1 is 1.12 bits per heavy atom. The Balaban J connectivity index is 1.96. The Hall–Kier alpha value is -3.72. The molecule has 3 amide bonds. The van der Waals surface area contributed by atoms with Crippen LogP contribution in [0.15, 0.2) is 48.5 Å². The summed E-state index contributed by atoms with van der Waals surface area (Å²) in [5, 5.41) is 2.87. The predicted octanol–water partition coefficient (Wildman–Crippen LogP) is 2.79. The summed E-state index contributed by atoms with van der Waals surface area (Å²) in [6, 6.07) is 14.2. The van der Waals surface area contributed by atoms with Gasteiger partial charge in [0.25, 0.3) is 11.8 Å². The average Bonchev–Trinajstić information content (AvgIpc) is 3.15. The van der Waals surface area contributed by atoms with Crippen molar-refractivity contribution < 1.29 is 14.4 Å². The number of nitrogen functional groups attached to an aromatic ring is 1. The Bertz CT molecular complexity index is 1160. The number of aromatic nitrogens is 1. The van der Waals surface area contributed by atoms with Crippen LogP contribution in [-0.2, 0) is 11.3 Å². The fourth-order valence-electron chi connectivity index (χ4n) is 3.36. The molecule has 0 fully saturated rings. The molecule has 3 rings (SSSR count). The quantitative estimate of drug-likeness (QED) is 0.508. The maximum absolute atomic E-state index is 13.5. The number of anilines is 2. The molecule has 1 heterocycles. The molecule has 0 aliphatic rings. The molecule has 0 aliphatic heterocycles. The van der Waals surface area contributed by atoms with E-state index in [-0.39, 0.29) is 22.2 Å². The molecule has 0 saturated carbocycles. The van der Waals surface area contributed by atoms with Crippen molar-refractivity contribution >= 4 is 40.6 Å². The molecule has 1 aromatic heterocycles. The molecule has 0 aliphatic carbocycles. The van der Waals surface area contributed by atoms with Gasteiger partial charge in [0.1, 0.15) is 10.9 Å². The lowest BCUT2D eigenvalue weighted by Crippen LogP contribution is -2.48. The van der Waals surface area contributed by atoms with E-state index in [9.17, 15) is 14.4 Å². The topological polar surface area (TPSA) is 131 Å². The van der Waals surface area contributed by atoms with Gasteiger partial charge in [-0.25, -0.2) is 0 Å². The third-order valence-electron chi connectivity index (χ3n) is 5.06. The summed E-state index contributed by atoms with van der Waals surface area (Å²) in [5.41, 5.74) is 14.4. The largest absolute Gasteiger partial charge is 0.395 e. The van der Waals surface area contributed by atoms with Crippen molar-refractivity contribution in [1.29, 1.82) is 0 Å². The molecule has 0 saturated heterocycles. The molecule has 0 spiro atoms. The van der Waals surface area contributed by atoms with Crippen molar-refractivity contribution in [3.8, 4) is 0 Å². The number of nitrogens with one attached hydrogen (secondary N) is 1. The van der Waals surface area contributed by atoms with Gasteiger partial charge in [0.2, 0.25) is 5.91 Å². The van der Waals surface area contributed by atoms with E-state index in [4.69, 9.17) is 11.5 Å². The maximum Gasteiger partial charge on any atom is 0.272 e. The molecule has 8 nitrogen and oxygen atoms in total. The van der Waals surface area contributed by atoms with Crippen molar-refractivity contribution in [2.75, 3.05) is 10.6 Å². The van der Waals surface area contributed by atoms with Crippen LogP contribution in [0.4, 0.5) is 11.4 Å². The van der Waals surface area contributed by atoms with Crippen LogP contribution in [0.5, 0.6) is 0 Å². The number of carbonyl (C=O) groups is 3. The summed E-state index contributed by atoms with van der Waals surface area (Å²) in [5.74, 6) is -1.67. The van der Waals surface area contributed by atoms with Crippen molar-refractivity contribution in [2.45, 2.75) is 33.4 Å². The monoisotopic (exact) mass is 451 g/mol. The van der Waals surface area contributed by atoms with E-state index in [1.54, 1.807) is 13.0 Å². The molecule has 0 radical (unpaired) electrons. The third kappa shape index (κ3) is 4.78. The number of hydrogen-bond donors (Lipinski definition) is 3. The average molecular weight is 452 g/mol. The fraction of sp³-hybridized carbons (Fsp3) is 0.217. The first-order chi connectivity index (χ1) is 15.2. The Kier molecular flexibility index (Phi) is 6.89. The number of nitrogens with zero attached hydrogens (tertiary/aromatic N) is 2. The predicted molar refractivity (Wildman–Crippen MR) is 126 cm³/mol. The lowest BCUT2D eigenvalue weighted by molar-refractivity contribution is -0.122. The molecule has 32 heavy (non-hydrogen) atoms.